The predicted molar refractivity (Wildman–Crippen MR) is 105 cm³/mol. The van der Waals surface area contributed by atoms with E-state index in [1.807, 2.05) is 6.92 Å². The lowest BCUT2D eigenvalue weighted by Gasteiger charge is -2.35. The number of carbonyl (C=O) groups is 1. The second kappa shape index (κ2) is 8.75. The molecular weight excluding hydrogens is 405 g/mol. The summed E-state index contributed by atoms with van der Waals surface area (Å²) in [6.07, 6.45) is -1.52. The lowest BCUT2D eigenvalue weighted by Crippen LogP contribution is -2.46. The normalized spacial score (nSPS) is 19.2. The maximum Gasteiger partial charge on any atom is 0.434 e. The number of rotatable bonds is 5. The highest BCUT2D eigenvalue weighted by Gasteiger charge is 2.40. The quantitative estimate of drug-likeness (QED) is 0.768. The van der Waals surface area contributed by atoms with Gasteiger partial charge in [0.25, 0.3) is 5.91 Å². The van der Waals surface area contributed by atoms with Crippen molar-refractivity contribution in [3.05, 3.63) is 46.7 Å². The van der Waals surface area contributed by atoms with Crippen molar-refractivity contribution in [1.29, 1.82) is 0 Å². The highest BCUT2D eigenvalue weighted by atomic mass is 35.5. The smallest absolute Gasteiger partial charge is 0.350 e. The van der Waals surface area contributed by atoms with Crippen molar-refractivity contribution >= 4 is 17.5 Å². The van der Waals surface area contributed by atoms with E-state index in [-0.39, 0.29) is 18.3 Å². The molecule has 1 aromatic heterocycles. The summed E-state index contributed by atoms with van der Waals surface area (Å²) in [5.41, 5.74) is -1.42. The molecule has 1 aliphatic rings. The van der Waals surface area contributed by atoms with Gasteiger partial charge in [-0.25, -0.2) is 4.68 Å². The van der Waals surface area contributed by atoms with Crippen molar-refractivity contribution < 1.29 is 18.0 Å². The number of hydrogen-bond acceptors (Lipinski definition) is 3. The third-order valence-electron chi connectivity index (χ3n) is 5.22. The second-order valence-electron chi connectivity index (χ2n) is 7.59. The third-order valence-corrected chi connectivity index (χ3v) is 5.48. The SMILES string of the molecule is C[C@H]1CCCN([C@@H](C)CNC(=O)c2cnn(-c3ccc(Cl)cc3)c2C(F)(F)F)C1. The van der Waals surface area contributed by atoms with Crippen LogP contribution in [0, 0.1) is 5.92 Å². The molecule has 1 aliphatic heterocycles. The first kappa shape index (κ1) is 21.6. The molecule has 29 heavy (non-hydrogen) atoms. The maximum absolute atomic E-state index is 13.7. The minimum Gasteiger partial charge on any atom is -0.350 e. The van der Waals surface area contributed by atoms with Gasteiger partial charge in [-0.1, -0.05) is 18.5 Å². The van der Waals surface area contributed by atoms with Crippen LogP contribution in [0.3, 0.4) is 0 Å². The number of amides is 1. The van der Waals surface area contributed by atoms with Crippen molar-refractivity contribution in [2.24, 2.45) is 5.92 Å². The molecule has 3 rings (SSSR count). The average molecular weight is 429 g/mol. The highest BCUT2D eigenvalue weighted by molar-refractivity contribution is 6.30. The number of halogens is 4. The van der Waals surface area contributed by atoms with Crippen LogP contribution in [-0.4, -0.2) is 46.3 Å². The number of hydrogen-bond donors (Lipinski definition) is 1. The average Bonchev–Trinajstić information content (AvgIpc) is 3.12. The van der Waals surface area contributed by atoms with Crippen LogP contribution in [0.25, 0.3) is 5.69 Å². The second-order valence-corrected chi connectivity index (χ2v) is 8.03. The topological polar surface area (TPSA) is 50.2 Å². The number of piperidine rings is 1. The van der Waals surface area contributed by atoms with Gasteiger partial charge >= 0.3 is 6.18 Å². The zero-order chi connectivity index (χ0) is 21.2. The van der Waals surface area contributed by atoms with Crippen LogP contribution in [0.4, 0.5) is 13.2 Å². The number of carbonyl (C=O) groups excluding carboxylic acids is 1. The van der Waals surface area contributed by atoms with Crippen LogP contribution in [0.15, 0.2) is 30.5 Å². The molecule has 1 amide bonds. The predicted octanol–water partition coefficient (Wildman–Crippen LogP) is 4.39. The van der Waals surface area contributed by atoms with Gasteiger partial charge < -0.3 is 5.32 Å². The molecule has 1 fully saturated rings. The number of nitrogens with zero attached hydrogens (tertiary/aromatic N) is 3. The first-order chi connectivity index (χ1) is 13.7. The van der Waals surface area contributed by atoms with E-state index in [9.17, 15) is 18.0 Å². The summed E-state index contributed by atoms with van der Waals surface area (Å²) in [7, 11) is 0. The van der Waals surface area contributed by atoms with Crippen LogP contribution >= 0.6 is 11.6 Å². The Kier molecular flexibility index (Phi) is 6.53. The summed E-state index contributed by atoms with van der Waals surface area (Å²) in [6, 6.07) is 5.83. The van der Waals surface area contributed by atoms with Gasteiger partial charge in [0.2, 0.25) is 0 Å². The molecule has 5 nitrogen and oxygen atoms in total. The van der Waals surface area contributed by atoms with Gasteiger partial charge in [-0.2, -0.15) is 18.3 Å². The molecule has 2 aromatic rings. The molecule has 9 heteroatoms. The highest BCUT2D eigenvalue weighted by Crippen LogP contribution is 2.33. The van der Waals surface area contributed by atoms with E-state index in [0.717, 1.165) is 30.4 Å². The summed E-state index contributed by atoms with van der Waals surface area (Å²) in [5.74, 6) is -0.203. The molecule has 0 spiro atoms. The fourth-order valence-electron chi connectivity index (χ4n) is 3.66. The molecule has 0 unspecified atom stereocenters. The van der Waals surface area contributed by atoms with Crippen molar-refractivity contribution in [1.82, 2.24) is 20.0 Å². The Morgan fingerprint density at radius 1 is 1.34 bits per heavy atom. The summed E-state index contributed by atoms with van der Waals surface area (Å²) in [4.78, 5) is 14.8. The molecule has 158 valence electrons. The van der Waals surface area contributed by atoms with E-state index in [1.54, 1.807) is 0 Å². The molecule has 2 atom stereocenters. The van der Waals surface area contributed by atoms with Gasteiger partial charge in [0.05, 0.1) is 17.4 Å². The minimum absolute atomic E-state index is 0.0438. The minimum atomic E-state index is -4.74. The van der Waals surface area contributed by atoms with Gasteiger partial charge in [-0.15, -0.1) is 0 Å². The van der Waals surface area contributed by atoms with Crippen molar-refractivity contribution in [2.75, 3.05) is 19.6 Å². The van der Waals surface area contributed by atoms with Gasteiger partial charge in [0, 0.05) is 24.2 Å². The molecule has 1 saturated heterocycles. The monoisotopic (exact) mass is 428 g/mol. The van der Waals surface area contributed by atoms with E-state index in [4.69, 9.17) is 11.6 Å². The molecule has 2 heterocycles. The number of likely N-dealkylation sites (tertiary alicyclic amines) is 1. The van der Waals surface area contributed by atoms with Gasteiger partial charge in [-0.05, 0) is 56.5 Å². The Hall–Kier alpha value is -2.06. The van der Waals surface area contributed by atoms with Gasteiger partial charge in [0.1, 0.15) is 0 Å². The Balaban J connectivity index is 1.77. The van der Waals surface area contributed by atoms with E-state index in [1.165, 1.54) is 30.7 Å². The third kappa shape index (κ3) is 5.11. The standard InChI is InChI=1S/C20H24ClF3N4O/c1-13-4-3-9-27(12-13)14(2)10-25-19(29)17-11-26-28(18(17)20(22,23)24)16-7-5-15(21)6-8-16/h5-8,11,13-14H,3-4,9-10,12H2,1-2H3,(H,25,29)/t13-,14-/m0/s1. The Morgan fingerprint density at radius 3 is 2.66 bits per heavy atom. The molecule has 0 saturated carbocycles. The fourth-order valence-corrected chi connectivity index (χ4v) is 3.78. The Morgan fingerprint density at radius 2 is 2.03 bits per heavy atom. The van der Waals surface area contributed by atoms with Crippen molar-refractivity contribution in [3.63, 3.8) is 0 Å². The van der Waals surface area contributed by atoms with E-state index in [2.05, 4.69) is 22.2 Å². The van der Waals surface area contributed by atoms with Crippen molar-refractivity contribution in [2.45, 2.75) is 38.9 Å². The summed E-state index contributed by atoms with van der Waals surface area (Å²) >= 11 is 5.81. The van der Waals surface area contributed by atoms with Crippen LogP contribution in [-0.2, 0) is 6.18 Å². The Bertz CT molecular complexity index is 850. The molecule has 0 radical (unpaired) electrons. The van der Waals surface area contributed by atoms with Crippen LogP contribution in [0.5, 0.6) is 0 Å². The number of benzene rings is 1. The largest absolute Gasteiger partial charge is 0.434 e. The maximum atomic E-state index is 13.7. The van der Waals surface area contributed by atoms with E-state index < -0.39 is 23.3 Å². The van der Waals surface area contributed by atoms with Gasteiger partial charge in [0.15, 0.2) is 5.69 Å². The summed E-state index contributed by atoms with van der Waals surface area (Å²) in [6.45, 7) is 6.29. The molecule has 1 N–H and O–H groups in total. The first-order valence-corrected chi connectivity index (χ1v) is 9.98. The van der Waals surface area contributed by atoms with E-state index in [0.29, 0.717) is 10.9 Å². The number of nitrogens with one attached hydrogen (secondary N) is 1. The number of aromatic nitrogens is 2. The molecule has 1 aromatic carbocycles. The fraction of sp³-hybridized carbons (Fsp3) is 0.500. The zero-order valence-electron chi connectivity index (χ0n) is 16.3. The van der Waals surface area contributed by atoms with Crippen molar-refractivity contribution in [3.8, 4) is 5.69 Å². The molecular formula is C20H24ClF3N4O. The van der Waals surface area contributed by atoms with Crippen LogP contribution in [0.2, 0.25) is 5.02 Å². The first-order valence-electron chi connectivity index (χ1n) is 9.60. The summed E-state index contributed by atoms with van der Waals surface area (Å²) in [5, 5.41) is 6.85. The lowest BCUT2D eigenvalue weighted by molar-refractivity contribution is -0.143. The number of alkyl halides is 3. The lowest BCUT2D eigenvalue weighted by atomic mass is 9.99. The van der Waals surface area contributed by atoms with E-state index >= 15 is 0 Å². The molecule has 0 aliphatic carbocycles. The molecule has 0 bridgehead atoms. The van der Waals surface area contributed by atoms with Crippen LogP contribution < -0.4 is 5.32 Å². The summed E-state index contributed by atoms with van der Waals surface area (Å²) < 4.78 is 41.9. The Labute approximate surface area is 172 Å². The van der Waals surface area contributed by atoms with Gasteiger partial charge in [-0.3, -0.25) is 9.69 Å². The van der Waals surface area contributed by atoms with Crippen LogP contribution in [0.1, 0.15) is 42.7 Å². The zero-order valence-corrected chi connectivity index (χ0v) is 17.1.